The lowest BCUT2D eigenvalue weighted by atomic mass is 10.0. The maximum absolute atomic E-state index is 13.0. The molecule has 2 aromatic rings. The molecule has 0 aliphatic heterocycles. The van der Waals surface area contributed by atoms with E-state index in [-0.39, 0.29) is 17.4 Å². The van der Waals surface area contributed by atoms with Crippen LogP contribution in [0, 0.1) is 5.92 Å². The zero-order chi connectivity index (χ0) is 21.4. The van der Waals surface area contributed by atoms with Gasteiger partial charge in [-0.25, -0.2) is 9.59 Å². The van der Waals surface area contributed by atoms with Crippen molar-refractivity contribution in [1.29, 1.82) is 0 Å². The first-order valence-corrected chi connectivity index (χ1v) is 10.6. The van der Waals surface area contributed by atoms with Gasteiger partial charge < -0.3 is 15.3 Å². The second kappa shape index (κ2) is 10.9. The summed E-state index contributed by atoms with van der Waals surface area (Å²) in [6, 6.07) is 14.0. The molecule has 7 nitrogen and oxygen atoms in total. The van der Waals surface area contributed by atoms with Crippen LogP contribution in [0.15, 0.2) is 59.5 Å². The van der Waals surface area contributed by atoms with Crippen molar-refractivity contribution in [2.45, 2.75) is 37.8 Å². The van der Waals surface area contributed by atoms with Crippen LogP contribution in [0.3, 0.4) is 0 Å². The van der Waals surface area contributed by atoms with Gasteiger partial charge >= 0.3 is 11.9 Å². The van der Waals surface area contributed by atoms with Gasteiger partial charge in [0.25, 0.3) is 0 Å². The number of nitrogens with one attached hydrogen (secondary N) is 2. The fourth-order valence-corrected chi connectivity index (χ4v) is 3.88. The molecule has 0 aliphatic rings. The first kappa shape index (κ1) is 22.9. The fraction of sp³-hybridized carbons (Fsp3) is 0.300. The molecule has 3 amide bonds. The lowest BCUT2D eigenvalue weighted by Gasteiger charge is -2.15. The number of halogens is 1. The van der Waals surface area contributed by atoms with Crippen molar-refractivity contribution in [1.82, 2.24) is 10.7 Å². The topological polar surface area (TPSA) is 104 Å². The van der Waals surface area contributed by atoms with Crippen LogP contribution in [-0.2, 0) is 26.1 Å². The van der Waals surface area contributed by atoms with Crippen molar-refractivity contribution in [3.05, 3.63) is 65.2 Å². The molecule has 0 bridgehead atoms. The standard InChI is InChI=1S/C20H25ClN4O3S/c1-14(2)11-18(22)19(26)25(29(28)17-10-6-9-16(21)12-17)24-20(27)23-13-15-7-4-3-5-8-15/h3-10,12,14,18H,11,13,22H2,1-2H3,(H2,23,24,27)/t18-/m0/s1. The van der Waals surface area contributed by atoms with Gasteiger partial charge in [-0.05, 0) is 24.0 Å². The number of nitrogens with two attached hydrogens (primary N) is 1. The van der Waals surface area contributed by atoms with Gasteiger partial charge in [-0.1, -0.05) is 78.9 Å². The lowest BCUT2D eigenvalue weighted by molar-refractivity contribution is -0.472. The van der Waals surface area contributed by atoms with Crippen molar-refractivity contribution >= 4 is 34.1 Å². The van der Waals surface area contributed by atoms with Gasteiger partial charge in [0, 0.05) is 22.2 Å². The number of nitrogens with zero attached hydrogens (tertiary/aromatic N) is 1. The molecule has 0 radical (unpaired) electrons. The third-order valence-electron chi connectivity index (χ3n) is 3.91. The van der Waals surface area contributed by atoms with E-state index in [2.05, 4.69) is 10.7 Å². The maximum atomic E-state index is 13.0. The molecule has 0 fully saturated rings. The number of carbonyl (C=O) groups is 2. The second-order valence-corrected chi connectivity index (χ2v) is 8.63. The normalized spacial score (nSPS) is 13.5. The van der Waals surface area contributed by atoms with E-state index in [4.69, 9.17) is 17.3 Å². The minimum absolute atomic E-state index is 0.155. The summed E-state index contributed by atoms with van der Waals surface area (Å²) < 4.78 is 13.8. The molecule has 9 heteroatoms. The lowest BCUT2D eigenvalue weighted by Crippen LogP contribution is -2.50. The SMILES string of the molecule is CC(C)C[C@H](N)C(=O)/[N+](NC(=O)NCc1ccccc1)=[S-](=O)\c1cccc(Cl)c1. The Hall–Kier alpha value is -2.42. The molecule has 2 rings (SSSR count). The minimum atomic E-state index is -2.02. The van der Waals surface area contributed by atoms with E-state index >= 15 is 0 Å². The van der Waals surface area contributed by atoms with E-state index in [0.717, 1.165) is 9.62 Å². The average Bonchev–Trinajstić information content (AvgIpc) is 2.69. The number of urea groups is 1. The Morgan fingerprint density at radius 2 is 1.83 bits per heavy atom. The summed E-state index contributed by atoms with van der Waals surface area (Å²) >= 11 is 5.97. The van der Waals surface area contributed by atoms with Crippen LogP contribution < -0.4 is 16.5 Å². The number of carbonyl (C=O) groups excluding carboxylic acids is 2. The highest BCUT2D eigenvalue weighted by atomic mass is 35.5. The Bertz CT molecular complexity index is 944. The van der Waals surface area contributed by atoms with Crippen LogP contribution in [0.4, 0.5) is 4.79 Å². The molecule has 2 aromatic carbocycles. The summed E-state index contributed by atoms with van der Waals surface area (Å²) in [4.78, 5) is 25.5. The smallest absolute Gasteiger partial charge is 0.392 e. The Morgan fingerprint density at radius 3 is 2.45 bits per heavy atom. The molecular formula is C20H25ClN4O3S. The molecule has 0 aromatic heterocycles. The zero-order valence-electron chi connectivity index (χ0n) is 16.3. The van der Waals surface area contributed by atoms with Crippen molar-refractivity contribution in [3.63, 3.8) is 0 Å². The van der Waals surface area contributed by atoms with Crippen molar-refractivity contribution in [2.75, 3.05) is 0 Å². The first-order chi connectivity index (χ1) is 13.8. The van der Waals surface area contributed by atoms with Crippen molar-refractivity contribution in [3.8, 4) is 0 Å². The molecule has 0 unspecified atom stereocenters. The van der Waals surface area contributed by atoms with E-state index in [9.17, 15) is 13.8 Å². The van der Waals surface area contributed by atoms with Gasteiger partial charge in [-0.3, -0.25) is 0 Å². The number of benzene rings is 2. The molecular weight excluding hydrogens is 412 g/mol. The molecule has 0 spiro atoms. The van der Waals surface area contributed by atoms with Crippen molar-refractivity contribution in [2.24, 2.45) is 11.7 Å². The van der Waals surface area contributed by atoms with Crippen LogP contribution in [0.2, 0.25) is 5.02 Å². The second-order valence-electron chi connectivity index (χ2n) is 6.86. The van der Waals surface area contributed by atoms with E-state index in [1.807, 2.05) is 44.2 Å². The zero-order valence-corrected chi connectivity index (χ0v) is 17.9. The highest BCUT2D eigenvalue weighted by molar-refractivity contribution is 7.72. The minimum Gasteiger partial charge on any atom is -0.392 e. The van der Waals surface area contributed by atoms with Gasteiger partial charge in [0.05, 0.1) is 0 Å². The summed E-state index contributed by atoms with van der Waals surface area (Å²) in [6.45, 7) is 4.09. The average molecular weight is 437 g/mol. The number of hydrogen-bond donors (Lipinski definition) is 3. The van der Waals surface area contributed by atoms with Gasteiger partial charge in [0.1, 0.15) is 6.04 Å². The number of hydrogen-bond acceptors (Lipinski definition) is 5. The molecule has 29 heavy (non-hydrogen) atoms. The van der Waals surface area contributed by atoms with Crippen LogP contribution in [0.25, 0.3) is 0 Å². The predicted octanol–water partition coefficient (Wildman–Crippen LogP) is 3.17. The fourth-order valence-electron chi connectivity index (χ4n) is 2.53. The largest absolute Gasteiger partial charge is 0.412 e. The van der Waals surface area contributed by atoms with E-state index in [0.29, 0.717) is 11.4 Å². The third-order valence-corrected chi connectivity index (χ3v) is 5.40. The Kier molecular flexibility index (Phi) is 8.63. The predicted molar refractivity (Wildman–Crippen MR) is 112 cm³/mol. The molecule has 0 aliphatic carbocycles. The summed E-state index contributed by atoms with van der Waals surface area (Å²) in [5.41, 5.74) is 9.23. The summed E-state index contributed by atoms with van der Waals surface area (Å²) in [5, 5.41) is 3.00. The van der Waals surface area contributed by atoms with E-state index < -0.39 is 28.6 Å². The number of amides is 3. The monoisotopic (exact) mass is 436 g/mol. The Morgan fingerprint density at radius 1 is 1.14 bits per heavy atom. The quantitative estimate of drug-likeness (QED) is 0.367. The molecule has 0 heterocycles. The summed E-state index contributed by atoms with van der Waals surface area (Å²) in [6.07, 6.45) is 0.384. The van der Waals surface area contributed by atoms with E-state index in [1.54, 1.807) is 18.2 Å². The third kappa shape index (κ3) is 7.16. The molecule has 1 atom stereocenters. The molecule has 0 saturated heterocycles. The Balaban J connectivity index is 2.26. The summed E-state index contributed by atoms with van der Waals surface area (Å²) in [5.74, 6) is -0.491. The number of hydrazine groups is 1. The van der Waals surface area contributed by atoms with Crippen LogP contribution in [-0.4, -0.2) is 22.0 Å². The van der Waals surface area contributed by atoms with Gasteiger partial charge in [0.15, 0.2) is 0 Å². The highest BCUT2D eigenvalue weighted by Crippen LogP contribution is 2.13. The van der Waals surface area contributed by atoms with Gasteiger partial charge in [-0.15, -0.1) is 9.48 Å². The van der Waals surface area contributed by atoms with E-state index in [1.165, 1.54) is 6.07 Å². The maximum Gasteiger partial charge on any atom is 0.412 e. The molecule has 0 saturated carbocycles. The van der Waals surface area contributed by atoms with Crippen LogP contribution >= 0.6 is 11.6 Å². The molecule has 4 N–H and O–H groups in total. The highest BCUT2D eigenvalue weighted by Gasteiger charge is 2.27. The van der Waals surface area contributed by atoms with Crippen LogP contribution in [0.1, 0.15) is 25.8 Å². The Labute approximate surface area is 177 Å². The van der Waals surface area contributed by atoms with Crippen LogP contribution in [0.5, 0.6) is 0 Å². The first-order valence-electron chi connectivity index (χ1n) is 9.13. The van der Waals surface area contributed by atoms with Crippen molar-refractivity contribution < 1.29 is 17.9 Å². The molecule has 156 valence electrons. The van der Waals surface area contributed by atoms with Gasteiger partial charge in [0.2, 0.25) is 0 Å². The number of rotatable bonds is 6. The van der Waals surface area contributed by atoms with Gasteiger partial charge in [-0.2, -0.15) is 0 Å². The summed E-state index contributed by atoms with van der Waals surface area (Å²) in [7, 11) is -2.02.